The Balaban J connectivity index is 2.84. The largest absolute Gasteiger partial charge is 0.480 e. The van der Waals surface area contributed by atoms with Crippen LogP contribution in [0.25, 0.3) is 0 Å². The Hall–Kier alpha value is -0.580. The van der Waals surface area contributed by atoms with Crippen LogP contribution < -0.4 is 5.73 Å². The van der Waals surface area contributed by atoms with E-state index in [-0.39, 0.29) is 0 Å². The van der Waals surface area contributed by atoms with Crippen molar-refractivity contribution >= 4 is 28.9 Å². The van der Waals surface area contributed by atoms with Crippen molar-refractivity contribution in [1.82, 2.24) is 0 Å². The molecule has 1 aromatic heterocycles. The highest BCUT2D eigenvalue weighted by Crippen LogP contribution is 2.25. The predicted octanol–water partition coefficient (Wildman–Crippen LogP) is 1.49. The normalized spacial score (nSPS) is 12.9. The number of carboxylic acid groups (broad SMARTS) is 1. The summed E-state index contributed by atoms with van der Waals surface area (Å²) in [6.45, 7) is 0. The Morgan fingerprint density at radius 2 is 2.36 bits per heavy atom. The molecule has 0 radical (unpaired) electrons. The van der Waals surface area contributed by atoms with Crippen molar-refractivity contribution in [3.8, 4) is 0 Å². The third kappa shape index (κ3) is 1.92. The second-order valence-electron chi connectivity index (χ2n) is 1.96. The molecule has 3 nitrogen and oxygen atoms in total. The molecule has 0 aliphatic carbocycles. The van der Waals surface area contributed by atoms with Gasteiger partial charge in [0.15, 0.2) is 0 Å². The van der Waals surface area contributed by atoms with Crippen molar-refractivity contribution in [3.63, 3.8) is 0 Å². The summed E-state index contributed by atoms with van der Waals surface area (Å²) in [6.07, 6.45) is 0. The molecule has 1 heterocycles. The highest BCUT2D eigenvalue weighted by molar-refractivity contribution is 7.16. The van der Waals surface area contributed by atoms with E-state index < -0.39 is 12.0 Å². The minimum Gasteiger partial charge on any atom is -0.480 e. The number of carboxylic acids is 1. The number of thiophene rings is 1. The van der Waals surface area contributed by atoms with Crippen LogP contribution in [0.3, 0.4) is 0 Å². The van der Waals surface area contributed by atoms with E-state index in [4.69, 9.17) is 22.4 Å². The lowest BCUT2D eigenvalue weighted by molar-refractivity contribution is -0.138. The molecular formula is C6H6ClNO2S. The molecule has 11 heavy (non-hydrogen) atoms. The van der Waals surface area contributed by atoms with Crippen LogP contribution in [0.5, 0.6) is 0 Å². The maximum atomic E-state index is 10.3. The third-order valence-corrected chi connectivity index (χ3v) is 2.48. The number of hydrogen-bond donors (Lipinski definition) is 2. The average Bonchev–Trinajstić information content (AvgIpc) is 2.34. The third-order valence-electron chi connectivity index (χ3n) is 1.17. The second-order valence-corrected chi connectivity index (χ2v) is 3.70. The topological polar surface area (TPSA) is 63.3 Å². The van der Waals surface area contributed by atoms with Gasteiger partial charge in [-0.25, -0.2) is 0 Å². The van der Waals surface area contributed by atoms with Crippen LogP contribution in [0.15, 0.2) is 12.1 Å². The molecule has 1 aromatic rings. The smallest absolute Gasteiger partial charge is 0.325 e. The molecule has 0 saturated heterocycles. The maximum absolute atomic E-state index is 10.3. The fourth-order valence-electron chi connectivity index (χ4n) is 0.617. The van der Waals surface area contributed by atoms with Crippen LogP contribution in [0, 0.1) is 0 Å². The molecule has 1 atom stereocenters. The fourth-order valence-corrected chi connectivity index (χ4v) is 1.67. The van der Waals surface area contributed by atoms with Gasteiger partial charge in [-0.2, -0.15) is 0 Å². The number of hydrogen-bond acceptors (Lipinski definition) is 3. The van der Waals surface area contributed by atoms with Crippen LogP contribution in [-0.2, 0) is 4.79 Å². The SMILES string of the molecule is N[C@H](C(=O)O)c1ccc(Cl)s1. The minimum atomic E-state index is -1.04. The molecule has 0 fully saturated rings. The van der Waals surface area contributed by atoms with Crippen LogP contribution in [0.1, 0.15) is 10.9 Å². The highest BCUT2D eigenvalue weighted by atomic mass is 35.5. The number of nitrogens with two attached hydrogens (primary N) is 1. The molecular weight excluding hydrogens is 186 g/mol. The van der Waals surface area contributed by atoms with Gasteiger partial charge in [-0.3, -0.25) is 4.79 Å². The summed E-state index contributed by atoms with van der Waals surface area (Å²) >= 11 is 6.76. The number of halogens is 1. The van der Waals surface area contributed by atoms with Gasteiger partial charge >= 0.3 is 5.97 Å². The Morgan fingerprint density at radius 3 is 2.73 bits per heavy atom. The predicted molar refractivity (Wildman–Crippen MR) is 43.9 cm³/mol. The minimum absolute atomic E-state index is 0.553. The number of aliphatic carboxylic acids is 1. The molecule has 0 aromatic carbocycles. The summed E-state index contributed by atoms with van der Waals surface area (Å²) in [6, 6.07) is 2.29. The van der Waals surface area contributed by atoms with Gasteiger partial charge in [0.2, 0.25) is 0 Å². The lowest BCUT2D eigenvalue weighted by Gasteiger charge is -2.00. The van der Waals surface area contributed by atoms with E-state index in [9.17, 15) is 4.79 Å². The Kier molecular flexibility index (Phi) is 2.49. The molecule has 5 heteroatoms. The van der Waals surface area contributed by atoms with E-state index in [1.807, 2.05) is 0 Å². The molecule has 0 aliphatic heterocycles. The highest BCUT2D eigenvalue weighted by Gasteiger charge is 2.15. The summed E-state index contributed by atoms with van der Waals surface area (Å²) < 4.78 is 0.553. The first-order chi connectivity index (χ1) is 5.11. The number of rotatable bonds is 2. The first-order valence-corrected chi connectivity index (χ1v) is 4.04. The molecule has 0 bridgehead atoms. The van der Waals surface area contributed by atoms with Crippen molar-refractivity contribution in [2.75, 3.05) is 0 Å². The van der Waals surface area contributed by atoms with Crippen molar-refractivity contribution < 1.29 is 9.90 Å². The monoisotopic (exact) mass is 191 g/mol. The lowest BCUT2D eigenvalue weighted by Crippen LogP contribution is -2.19. The van der Waals surface area contributed by atoms with Gasteiger partial charge in [-0.15, -0.1) is 11.3 Å². The van der Waals surface area contributed by atoms with Crippen LogP contribution in [-0.4, -0.2) is 11.1 Å². The zero-order valence-corrected chi connectivity index (χ0v) is 7.02. The quantitative estimate of drug-likeness (QED) is 0.745. The van der Waals surface area contributed by atoms with E-state index >= 15 is 0 Å². The summed E-state index contributed by atoms with van der Waals surface area (Å²) in [7, 11) is 0. The standard InChI is InChI=1S/C6H6ClNO2S/c7-4-2-1-3(11-4)5(8)6(9)10/h1-2,5H,8H2,(H,9,10)/t5-/m0/s1. The molecule has 3 N–H and O–H groups in total. The van der Waals surface area contributed by atoms with Gasteiger partial charge in [-0.05, 0) is 12.1 Å². The van der Waals surface area contributed by atoms with Crippen molar-refractivity contribution in [1.29, 1.82) is 0 Å². The van der Waals surface area contributed by atoms with E-state index in [1.54, 1.807) is 12.1 Å². The molecule has 0 saturated carbocycles. The Bertz CT molecular complexity index is 273. The van der Waals surface area contributed by atoms with Gasteiger partial charge in [0, 0.05) is 4.88 Å². The van der Waals surface area contributed by atoms with Crippen LogP contribution in [0.4, 0.5) is 0 Å². The van der Waals surface area contributed by atoms with E-state index in [2.05, 4.69) is 0 Å². The zero-order chi connectivity index (χ0) is 8.43. The summed E-state index contributed by atoms with van der Waals surface area (Å²) in [4.78, 5) is 10.9. The van der Waals surface area contributed by atoms with Gasteiger partial charge < -0.3 is 10.8 Å². The van der Waals surface area contributed by atoms with Crippen LogP contribution >= 0.6 is 22.9 Å². The summed E-state index contributed by atoms with van der Waals surface area (Å²) in [5.41, 5.74) is 5.30. The van der Waals surface area contributed by atoms with Crippen molar-refractivity contribution in [2.45, 2.75) is 6.04 Å². The zero-order valence-electron chi connectivity index (χ0n) is 5.45. The molecule has 0 aliphatic rings. The fraction of sp³-hybridized carbons (Fsp3) is 0.167. The first-order valence-electron chi connectivity index (χ1n) is 2.85. The summed E-state index contributed by atoms with van der Waals surface area (Å²) in [5, 5.41) is 8.48. The lowest BCUT2D eigenvalue weighted by atomic mass is 10.3. The van der Waals surface area contributed by atoms with Gasteiger partial charge in [-0.1, -0.05) is 11.6 Å². The van der Waals surface area contributed by atoms with Gasteiger partial charge in [0.1, 0.15) is 6.04 Å². The number of carbonyl (C=O) groups is 1. The molecule has 60 valence electrons. The second kappa shape index (κ2) is 3.21. The Morgan fingerprint density at radius 1 is 1.73 bits per heavy atom. The van der Waals surface area contributed by atoms with Gasteiger partial charge in [0.25, 0.3) is 0 Å². The molecule has 0 amide bonds. The molecule has 1 rings (SSSR count). The molecule has 0 spiro atoms. The molecule has 0 unspecified atom stereocenters. The maximum Gasteiger partial charge on any atom is 0.325 e. The van der Waals surface area contributed by atoms with Crippen LogP contribution in [0.2, 0.25) is 4.34 Å². The first kappa shape index (κ1) is 8.52. The van der Waals surface area contributed by atoms with E-state index in [0.717, 1.165) is 0 Å². The average molecular weight is 192 g/mol. The summed E-state index contributed by atoms with van der Waals surface area (Å²) in [5.74, 6) is -1.04. The van der Waals surface area contributed by atoms with E-state index in [1.165, 1.54) is 11.3 Å². The van der Waals surface area contributed by atoms with Crippen molar-refractivity contribution in [2.24, 2.45) is 5.73 Å². The van der Waals surface area contributed by atoms with E-state index in [0.29, 0.717) is 9.21 Å². The van der Waals surface area contributed by atoms with Crippen molar-refractivity contribution in [3.05, 3.63) is 21.3 Å². The Labute approximate surface area is 72.4 Å². The van der Waals surface area contributed by atoms with Gasteiger partial charge in [0.05, 0.1) is 4.34 Å².